The Morgan fingerprint density at radius 2 is 1.90 bits per heavy atom. The third-order valence-corrected chi connectivity index (χ3v) is 3.99. The minimum Gasteiger partial charge on any atom is -0.313 e. The van der Waals surface area contributed by atoms with E-state index in [1.54, 1.807) is 0 Å². The Kier molecular flexibility index (Phi) is 5.32. The zero-order valence-electron chi connectivity index (χ0n) is 13.9. The highest BCUT2D eigenvalue weighted by molar-refractivity contribution is 5.83. The van der Waals surface area contributed by atoms with E-state index >= 15 is 0 Å². The number of benzene rings is 1. The maximum absolute atomic E-state index is 4.70. The monoisotopic (exact) mass is 285 g/mol. The third kappa shape index (κ3) is 4.02. The molecule has 21 heavy (non-hydrogen) atoms. The van der Waals surface area contributed by atoms with Crippen LogP contribution in [0.4, 0.5) is 0 Å². The maximum atomic E-state index is 4.70. The Morgan fingerprint density at radius 3 is 2.62 bits per heavy atom. The Bertz CT molecular complexity index is 605. The standard InChI is InChI=1S/C18H27N3/c1-13(2)19-10-11-21(5)12-17-14(3)15(4)20-18-9-7-6-8-16(17)18/h6-9,13,19H,10-12H2,1-5H3. The molecule has 0 aliphatic heterocycles. The predicted octanol–water partition coefficient (Wildman–Crippen LogP) is 3.28. The number of aromatic nitrogens is 1. The van der Waals surface area contributed by atoms with Crippen LogP contribution < -0.4 is 5.32 Å². The van der Waals surface area contributed by atoms with E-state index in [2.05, 4.69) is 69.2 Å². The number of para-hydroxylation sites is 1. The summed E-state index contributed by atoms with van der Waals surface area (Å²) in [4.78, 5) is 7.08. The van der Waals surface area contributed by atoms with Crippen LogP contribution in [-0.4, -0.2) is 36.1 Å². The molecule has 1 aromatic heterocycles. The van der Waals surface area contributed by atoms with Gasteiger partial charge in [-0.1, -0.05) is 32.0 Å². The zero-order chi connectivity index (χ0) is 15.4. The van der Waals surface area contributed by atoms with Gasteiger partial charge in [0.25, 0.3) is 0 Å². The van der Waals surface area contributed by atoms with E-state index in [9.17, 15) is 0 Å². The topological polar surface area (TPSA) is 28.2 Å². The minimum atomic E-state index is 0.545. The molecular formula is C18H27N3. The Labute approximate surface area is 128 Å². The minimum absolute atomic E-state index is 0.545. The average molecular weight is 285 g/mol. The molecule has 1 heterocycles. The van der Waals surface area contributed by atoms with Crippen LogP contribution in [0.5, 0.6) is 0 Å². The lowest BCUT2D eigenvalue weighted by atomic mass is 10.0. The molecule has 1 aromatic carbocycles. The summed E-state index contributed by atoms with van der Waals surface area (Å²) in [7, 11) is 2.19. The first kappa shape index (κ1) is 15.9. The van der Waals surface area contributed by atoms with Crippen LogP contribution in [-0.2, 0) is 6.54 Å². The number of pyridine rings is 1. The summed E-state index contributed by atoms with van der Waals surface area (Å²) in [6.07, 6.45) is 0. The summed E-state index contributed by atoms with van der Waals surface area (Å²) in [5.41, 5.74) is 4.96. The number of aryl methyl sites for hydroxylation is 1. The van der Waals surface area contributed by atoms with E-state index in [4.69, 9.17) is 4.98 Å². The molecule has 0 spiro atoms. The largest absolute Gasteiger partial charge is 0.313 e. The highest BCUT2D eigenvalue weighted by atomic mass is 15.1. The summed E-state index contributed by atoms with van der Waals surface area (Å²) in [6.45, 7) is 11.7. The van der Waals surface area contributed by atoms with Gasteiger partial charge in [-0.3, -0.25) is 4.98 Å². The molecule has 3 nitrogen and oxygen atoms in total. The van der Waals surface area contributed by atoms with Gasteiger partial charge in [0.2, 0.25) is 0 Å². The molecule has 0 bridgehead atoms. The van der Waals surface area contributed by atoms with E-state index in [1.165, 1.54) is 16.5 Å². The molecule has 1 N–H and O–H groups in total. The van der Waals surface area contributed by atoms with Crippen molar-refractivity contribution in [3.8, 4) is 0 Å². The maximum Gasteiger partial charge on any atom is 0.0708 e. The predicted molar refractivity (Wildman–Crippen MR) is 90.7 cm³/mol. The van der Waals surface area contributed by atoms with Crippen LogP contribution in [0.25, 0.3) is 10.9 Å². The quantitative estimate of drug-likeness (QED) is 0.883. The molecule has 0 unspecified atom stereocenters. The lowest BCUT2D eigenvalue weighted by molar-refractivity contribution is 0.320. The number of rotatable bonds is 6. The van der Waals surface area contributed by atoms with Crippen LogP contribution in [0, 0.1) is 13.8 Å². The van der Waals surface area contributed by atoms with Gasteiger partial charge in [-0.05, 0) is 38.1 Å². The molecule has 0 fully saturated rings. The van der Waals surface area contributed by atoms with Gasteiger partial charge in [0, 0.05) is 36.8 Å². The molecule has 0 atom stereocenters. The summed E-state index contributed by atoms with van der Waals surface area (Å²) in [6, 6.07) is 8.99. The second-order valence-electron chi connectivity index (χ2n) is 6.16. The first-order chi connectivity index (χ1) is 9.99. The lowest BCUT2D eigenvalue weighted by Crippen LogP contribution is -2.32. The number of hydrogen-bond donors (Lipinski definition) is 1. The lowest BCUT2D eigenvalue weighted by Gasteiger charge is -2.21. The Balaban J connectivity index is 2.19. The SMILES string of the molecule is Cc1nc2ccccc2c(CN(C)CCNC(C)C)c1C. The molecule has 0 radical (unpaired) electrons. The van der Waals surface area contributed by atoms with Gasteiger partial charge in [0.1, 0.15) is 0 Å². The van der Waals surface area contributed by atoms with E-state index in [0.29, 0.717) is 6.04 Å². The van der Waals surface area contributed by atoms with Crippen molar-refractivity contribution in [1.29, 1.82) is 0 Å². The summed E-state index contributed by atoms with van der Waals surface area (Å²) in [5.74, 6) is 0. The van der Waals surface area contributed by atoms with Gasteiger partial charge in [-0.15, -0.1) is 0 Å². The highest BCUT2D eigenvalue weighted by Gasteiger charge is 2.11. The van der Waals surface area contributed by atoms with Crippen molar-refractivity contribution in [2.45, 2.75) is 40.3 Å². The summed E-state index contributed by atoms with van der Waals surface area (Å²) < 4.78 is 0. The molecule has 0 amide bonds. The smallest absolute Gasteiger partial charge is 0.0708 e. The van der Waals surface area contributed by atoms with Crippen LogP contribution >= 0.6 is 0 Å². The van der Waals surface area contributed by atoms with Crippen molar-refractivity contribution >= 4 is 10.9 Å². The second kappa shape index (κ2) is 7.01. The normalized spacial score (nSPS) is 11.8. The van der Waals surface area contributed by atoms with Gasteiger partial charge in [0.05, 0.1) is 5.52 Å². The molecule has 0 saturated heterocycles. The fourth-order valence-corrected chi connectivity index (χ4v) is 2.61. The first-order valence-corrected chi connectivity index (χ1v) is 7.75. The van der Waals surface area contributed by atoms with Crippen LogP contribution in [0.2, 0.25) is 0 Å². The van der Waals surface area contributed by atoms with Gasteiger partial charge in [-0.25, -0.2) is 0 Å². The van der Waals surface area contributed by atoms with Crippen molar-refractivity contribution in [1.82, 2.24) is 15.2 Å². The zero-order valence-corrected chi connectivity index (χ0v) is 13.9. The van der Waals surface area contributed by atoms with E-state index < -0.39 is 0 Å². The van der Waals surface area contributed by atoms with Crippen LogP contribution in [0.1, 0.15) is 30.7 Å². The fourth-order valence-electron chi connectivity index (χ4n) is 2.61. The van der Waals surface area contributed by atoms with Crippen molar-refractivity contribution < 1.29 is 0 Å². The number of fused-ring (bicyclic) bond motifs is 1. The molecule has 0 aliphatic rings. The van der Waals surface area contributed by atoms with Gasteiger partial charge < -0.3 is 10.2 Å². The first-order valence-electron chi connectivity index (χ1n) is 7.75. The molecule has 2 aromatic rings. The van der Waals surface area contributed by atoms with Gasteiger partial charge in [-0.2, -0.15) is 0 Å². The summed E-state index contributed by atoms with van der Waals surface area (Å²) in [5, 5.41) is 4.75. The van der Waals surface area contributed by atoms with Crippen molar-refractivity contribution in [3.63, 3.8) is 0 Å². The van der Waals surface area contributed by atoms with Crippen molar-refractivity contribution in [3.05, 3.63) is 41.1 Å². The Morgan fingerprint density at radius 1 is 1.19 bits per heavy atom. The molecule has 114 valence electrons. The second-order valence-corrected chi connectivity index (χ2v) is 6.16. The number of hydrogen-bond acceptors (Lipinski definition) is 3. The van der Waals surface area contributed by atoms with E-state index in [1.807, 2.05) is 0 Å². The van der Waals surface area contributed by atoms with E-state index in [-0.39, 0.29) is 0 Å². The van der Waals surface area contributed by atoms with Crippen molar-refractivity contribution in [2.24, 2.45) is 0 Å². The fraction of sp³-hybridized carbons (Fsp3) is 0.500. The molecule has 0 saturated carbocycles. The van der Waals surface area contributed by atoms with Gasteiger partial charge in [0.15, 0.2) is 0 Å². The molecule has 2 rings (SSSR count). The van der Waals surface area contributed by atoms with Gasteiger partial charge >= 0.3 is 0 Å². The molecule has 3 heteroatoms. The van der Waals surface area contributed by atoms with E-state index in [0.717, 1.165) is 30.8 Å². The highest BCUT2D eigenvalue weighted by Crippen LogP contribution is 2.23. The Hall–Kier alpha value is -1.45. The number of nitrogens with one attached hydrogen (secondary N) is 1. The third-order valence-electron chi connectivity index (χ3n) is 3.99. The van der Waals surface area contributed by atoms with Crippen LogP contribution in [0.3, 0.4) is 0 Å². The number of nitrogens with zero attached hydrogens (tertiary/aromatic N) is 2. The molecular weight excluding hydrogens is 258 g/mol. The summed E-state index contributed by atoms with van der Waals surface area (Å²) >= 11 is 0. The van der Waals surface area contributed by atoms with Crippen LogP contribution in [0.15, 0.2) is 24.3 Å². The molecule has 0 aliphatic carbocycles. The number of likely N-dealkylation sites (N-methyl/N-ethyl adjacent to an activating group) is 1. The van der Waals surface area contributed by atoms with Crippen molar-refractivity contribution in [2.75, 3.05) is 20.1 Å². The average Bonchev–Trinajstić information content (AvgIpc) is 2.43.